The van der Waals surface area contributed by atoms with Crippen molar-refractivity contribution in [2.75, 3.05) is 13.2 Å². The predicted octanol–water partition coefficient (Wildman–Crippen LogP) is 4.78. The average Bonchev–Trinajstić information content (AvgIpc) is 2.72. The molecule has 0 aliphatic heterocycles. The summed E-state index contributed by atoms with van der Waals surface area (Å²) < 4.78 is 6.75. The average molecular weight is 475 g/mol. The lowest BCUT2D eigenvalue weighted by Gasteiger charge is -2.29. The second-order valence-electron chi connectivity index (χ2n) is 7.53. The van der Waals surface area contributed by atoms with Crippen molar-refractivity contribution in [2.45, 2.75) is 53.1 Å². The van der Waals surface area contributed by atoms with Crippen molar-refractivity contribution in [3.8, 4) is 5.75 Å². The van der Waals surface area contributed by atoms with Crippen LogP contribution in [0.2, 0.25) is 0 Å². The van der Waals surface area contributed by atoms with Crippen LogP contribution in [0.4, 0.5) is 0 Å². The van der Waals surface area contributed by atoms with Gasteiger partial charge in [0.25, 0.3) is 5.91 Å². The van der Waals surface area contributed by atoms with Gasteiger partial charge in [0, 0.05) is 17.6 Å². The normalized spacial score (nSPS) is 11.6. The van der Waals surface area contributed by atoms with Crippen LogP contribution < -0.4 is 10.1 Å². The van der Waals surface area contributed by atoms with Crippen LogP contribution in [0.1, 0.15) is 43.4 Å². The van der Waals surface area contributed by atoms with Gasteiger partial charge >= 0.3 is 0 Å². The molecule has 2 aromatic rings. The van der Waals surface area contributed by atoms with Gasteiger partial charge in [-0.05, 0) is 56.5 Å². The lowest BCUT2D eigenvalue weighted by atomic mass is 10.1. The molecule has 0 heterocycles. The van der Waals surface area contributed by atoms with E-state index in [1.165, 1.54) is 0 Å². The van der Waals surface area contributed by atoms with Crippen LogP contribution in [0, 0.1) is 13.8 Å². The van der Waals surface area contributed by atoms with Crippen LogP contribution in [-0.4, -0.2) is 35.9 Å². The molecule has 0 aliphatic rings. The van der Waals surface area contributed by atoms with Crippen molar-refractivity contribution in [1.29, 1.82) is 0 Å². The highest BCUT2D eigenvalue weighted by Crippen LogP contribution is 2.19. The van der Waals surface area contributed by atoms with E-state index in [1.807, 2.05) is 56.3 Å². The second-order valence-corrected chi connectivity index (χ2v) is 8.44. The minimum atomic E-state index is -0.597. The third kappa shape index (κ3) is 7.17. The first-order valence-electron chi connectivity index (χ1n) is 10.3. The van der Waals surface area contributed by atoms with Crippen molar-refractivity contribution >= 4 is 27.7 Å². The molecule has 0 aliphatic carbocycles. The Bertz CT molecular complexity index is 852. The Balaban J connectivity index is 2.12. The SMILES string of the molecule is CCCCNC(=O)C(C)N(Cc1ccc(Br)cc1)C(=O)COc1ccc(C)cc1C. The van der Waals surface area contributed by atoms with E-state index >= 15 is 0 Å². The molecule has 0 radical (unpaired) electrons. The predicted molar refractivity (Wildman–Crippen MR) is 123 cm³/mol. The minimum Gasteiger partial charge on any atom is -0.483 e. The molecule has 0 saturated carbocycles. The molecular weight excluding hydrogens is 444 g/mol. The summed E-state index contributed by atoms with van der Waals surface area (Å²) >= 11 is 3.43. The van der Waals surface area contributed by atoms with Crippen molar-refractivity contribution in [3.63, 3.8) is 0 Å². The maximum atomic E-state index is 13.1. The van der Waals surface area contributed by atoms with E-state index in [0.717, 1.165) is 34.0 Å². The first-order valence-corrected chi connectivity index (χ1v) is 11.1. The summed E-state index contributed by atoms with van der Waals surface area (Å²) in [6.07, 6.45) is 1.91. The van der Waals surface area contributed by atoms with E-state index in [2.05, 4.69) is 28.2 Å². The number of rotatable bonds is 10. The molecule has 6 heteroatoms. The van der Waals surface area contributed by atoms with Crippen LogP contribution >= 0.6 is 15.9 Å². The number of nitrogens with zero attached hydrogens (tertiary/aromatic N) is 1. The lowest BCUT2D eigenvalue weighted by Crippen LogP contribution is -2.49. The largest absolute Gasteiger partial charge is 0.483 e. The fourth-order valence-electron chi connectivity index (χ4n) is 3.09. The number of unbranched alkanes of at least 4 members (excludes halogenated alkanes) is 1. The molecule has 1 N–H and O–H groups in total. The van der Waals surface area contributed by atoms with E-state index in [9.17, 15) is 9.59 Å². The molecule has 0 saturated heterocycles. The van der Waals surface area contributed by atoms with Gasteiger partial charge in [-0.1, -0.05) is 59.1 Å². The number of benzene rings is 2. The van der Waals surface area contributed by atoms with Gasteiger partial charge in [-0.2, -0.15) is 0 Å². The second kappa shape index (κ2) is 11.7. The van der Waals surface area contributed by atoms with E-state index < -0.39 is 6.04 Å². The fraction of sp³-hybridized carbons (Fsp3) is 0.417. The summed E-state index contributed by atoms with van der Waals surface area (Å²) in [6, 6.07) is 13.0. The van der Waals surface area contributed by atoms with Crippen LogP contribution in [0.3, 0.4) is 0 Å². The Kier molecular flexibility index (Phi) is 9.37. The summed E-state index contributed by atoms with van der Waals surface area (Å²) in [7, 11) is 0. The van der Waals surface area contributed by atoms with E-state index in [0.29, 0.717) is 18.8 Å². The third-order valence-electron chi connectivity index (χ3n) is 4.94. The van der Waals surface area contributed by atoms with E-state index in [-0.39, 0.29) is 18.4 Å². The zero-order valence-corrected chi connectivity index (χ0v) is 19.8. The van der Waals surface area contributed by atoms with Gasteiger partial charge in [0.1, 0.15) is 11.8 Å². The lowest BCUT2D eigenvalue weighted by molar-refractivity contribution is -0.142. The number of ether oxygens (including phenoxy) is 1. The van der Waals surface area contributed by atoms with Crippen molar-refractivity contribution in [1.82, 2.24) is 10.2 Å². The number of aryl methyl sites for hydroxylation is 2. The van der Waals surface area contributed by atoms with E-state index in [4.69, 9.17) is 4.74 Å². The van der Waals surface area contributed by atoms with Gasteiger partial charge in [-0.15, -0.1) is 0 Å². The zero-order valence-electron chi connectivity index (χ0n) is 18.2. The molecule has 2 aromatic carbocycles. The minimum absolute atomic E-state index is 0.118. The first-order chi connectivity index (χ1) is 14.3. The summed E-state index contributed by atoms with van der Waals surface area (Å²) in [5, 5.41) is 2.92. The standard InChI is InChI=1S/C24H31BrN2O3/c1-5-6-13-26-24(29)19(4)27(15-20-8-10-21(25)11-9-20)23(28)16-30-22-12-7-17(2)14-18(22)3/h7-12,14,19H,5-6,13,15-16H2,1-4H3,(H,26,29). The number of carbonyl (C=O) groups excluding carboxylic acids is 2. The monoisotopic (exact) mass is 474 g/mol. The number of halogens is 1. The summed E-state index contributed by atoms with van der Waals surface area (Å²) in [5.74, 6) is 0.300. The Hall–Kier alpha value is -2.34. The van der Waals surface area contributed by atoms with Crippen molar-refractivity contribution in [2.24, 2.45) is 0 Å². The summed E-state index contributed by atoms with van der Waals surface area (Å²) in [6.45, 7) is 8.63. The van der Waals surface area contributed by atoms with Crippen molar-refractivity contribution < 1.29 is 14.3 Å². The number of amides is 2. The Labute approximate surface area is 187 Å². The molecule has 1 atom stereocenters. The molecule has 0 spiro atoms. The van der Waals surface area contributed by atoms with Gasteiger partial charge in [0.05, 0.1) is 0 Å². The highest BCUT2D eigenvalue weighted by atomic mass is 79.9. The molecule has 2 amide bonds. The van der Waals surface area contributed by atoms with Gasteiger partial charge in [0.2, 0.25) is 5.91 Å². The summed E-state index contributed by atoms with van der Waals surface area (Å²) in [4.78, 5) is 27.3. The first kappa shape index (κ1) is 23.9. The number of carbonyl (C=O) groups is 2. The van der Waals surface area contributed by atoms with Gasteiger partial charge in [-0.3, -0.25) is 9.59 Å². The smallest absolute Gasteiger partial charge is 0.261 e. The molecule has 2 rings (SSSR count). The van der Waals surface area contributed by atoms with Gasteiger partial charge in [0.15, 0.2) is 6.61 Å². The van der Waals surface area contributed by atoms with Crippen LogP contribution in [0.25, 0.3) is 0 Å². The maximum absolute atomic E-state index is 13.1. The quantitative estimate of drug-likeness (QED) is 0.504. The molecule has 0 aromatic heterocycles. The molecule has 30 heavy (non-hydrogen) atoms. The molecular formula is C24H31BrN2O3. The highest BCUT2D eigenvalue weighted by molar-refractivity contribution is 9.10. The van der Waals surface area contributed by atoms with Crippen LogP contribution in [-0.2, 0) is 16.1 Å². The topological polar surface area (TPSA) is 58.6 Å². The maximum Gasteiger partial charge on any atom is 0.261 e. The molecule has 0 bridgehead atoms. The molecule has 1 unspecified atom stereocenters. The van der Waals surface area contributed by atoms with Crippen LogP contribution in [0.5, 0.6) is 5.75 Å². The zero-order chi connectivity index (χ0) is 22.1. The van der Waals surface area contributed by atoms with E-state index in [1.54, 1.807) is 11.8 Å². The van der Waals surface area contributed by atoms with Gasteiger partial charge < -0.3 is 15.0 Å². The Morgan fingerprint density at radius 2 is 1.83 bits per heavy atom. The number of hydrogen-bond donors (Lipinski definition) is 1. The molecule has 0 fully saturated rings. The molecule has 162 valence electrons. The molecule has 5 nitrogen and oxygen atoms in total. The van der Waals surface area contributed by atoms with Crippen LogP contribution in [0.15, 0.2) is 46.9 Å². The highest BCUT2D eigenvalue weighted by Gasteiger charge is 2.26. The van der Waals surface area contributed by atoms with Gasteiger partial charge in [-0.25, -0.2) is 0 Å². The Morgan fingerprint density at radius 1 is 1.13 bits per heavy atom. The number of hydrogen-bond acceptors (Lipinski definition) is 3. The third-order valence-corrected chi connectivity index (χ3v) is 5.47. The summed E-state index contributed by atoms with van der Waals surface area (Å²) in [5.41, 5.74) is 3.07. The van der Waals surface area contributed by atoms with Crippen molar-refractivity contribution in [3.05, 3.63) is 63.6 Å². The Morgan fingerprint density at radius 3 is 2.47 bits per heavy atom. The number of nitrogens with one attached hydrogen (secondary N) is 1. The fourth-order valence-corrected chi connectivity index (χ4v) is 3.35.